The van der Waals surface area contributed by atoms with E-state index in [1.165, 1.54) is 5.69 Å². The van der Waals surface area contributed by atoms with Crippen molar-refractivity contribution >= 4 is 40.5 Å². The van der Waals surface area contributed by atoms with Crippen molar-refractivity contribution in [1.82, 2.24) is 4.90 Å². The lowest BCUT2D eigenvalue weighted by Gasteiger charge is -2.37. The Labute approximate surface area is 164 Å². The van der Waals surface area contributed by atoms with Crippen LogP contribution in [0.25, 0.3) is 0 Å². The number of nitrogens with one attached hydrogen (secondary N) is 1. The van der Waals surface area contributed by atoms with E-state index in [9.17, 15) is 4.79 Å². The molecule has 1 aliphatic rings. The van der Waals surface area contributed by atoms with Gasteiger partial charge in [0.25, 0.3) is 0 Å². The molecule has 0 radical (unpaired) electrons. The van der Waals surface area contributed by atoms with Crippen LogP contribution in [0.3, 0.4) is 0 Å². The molecule has 0 spiro atoms. The van der Waals surface area contributed by atoms with Crippen molar-refractivity contribution in [2.24, 2.45) is 0 Å². The molecule has 2 aromatic carbocycles. The van der Waals surface area contributed by atoms with Gasteiger partial charge < -0.3 is 15.1 Å². The molecule has 6 heteroatoms. The van der Waals surface area contributed by atoms with Gasteiger partial charge in [0.2, 0.25) is 5.91 Å². The van der Waals surface area contributed by atoms with E-state index in [0.717, 1.165) is 36.9 Å². The lowest BCUT2D eigenvalue weighted by atomic mass is 10.2. The number of benzene rings is 2. The van der Waals surface area contributed by atoms with Crippen LogP contribution < -0.4 is 10.2 Å². The fourth-order valence-electron chi connectivity index (χ4n) is 2.99. The average Bonchev–Trinajstić information content (AvgIpc) is 2.62. The molecule has 1 aliphatic heterocycles. The standard InChI is InChI=1S/C20H21Cl2N3O/c1-15(13-20(26)23-18-4-2-3-17(22)14-18)24-9-11-25(12-10-24)19-7-5-16(21)6-8-19/h2-8,13-14H,9-12H2,1H3,(H,23,26). The topological polar surface area (TPSA) is 35.6 Å². The smallest absolute Gasteiger partial charge is 0.250 e. The van der Waals surface area contributed by atoms with Crippen LogP contribution in [0, 0.1) is 0 Å². The number of halogens is 2. The number of allylic oxidation sites excluding steroid dienone is 1. The summed E-state index contributed by atoms with van der Waals surface area (Å²) in [6, 6.07) is 15.0. The Kier molecular flexibility index (Phi) is 6.07. The maximum atomic E-state index is 12.2. The van der Waals surface area contributed by atoms with Crippen molar-refractivity contribution in [2.75, 3.05) is 36.4 Å². The van der Waals surface area contributed by atoms with Crippen LogP contribution in [0.2, 0.25) is 10.0 Å². The lowest BCUT2D eigenvalue weighted by molar-refractivity contribution is -0.112. The number of carbonyl (C=O) groups excluding carboxylic acids is 1. The Morgan fingerprint density at radius 3 is 2.35 bits per heavy atom. The molecule has 26 heavy (non-hydrogen) atoms. The van der Waals surface area contributed by atoms with Gasteiger partial charge in [-0.2, -0.15) is 0 Å². The molecule has 1 N–H and O–H groups in total. The molecular weight excluding hydrogens is 369 g/mol. The van der Waals surface area contributed by atoms with E-state index in [2.05, 4.69) is 15.1 Å². The summed E-state index contributed by atoms with van der Waals surface area (Å²) in [7, 11) is 0. The van der Waals surface area contributed by atoms with Gasteiger partial charge in [-0.25, -0.2) is 0 Å². The molecule has 3 rings (SSSR count). The van der Waals surface area contributed by atoms with Crippen molar-refractivity contribution in [3.63, 3.8) is 0 Å². The highest BCUT2D eigenvalue weighted by Gasteiger charge is 2.17. The minimum atomic E-state index is -0.148. The fraction of sp³-hybridized carbons (Fsp3) is 0.250. The number of piperazine rings is 1. The second-order valence-corrected chi connectivity index (χ2v) is 7.11. The highest BCUT2D eigenvalue weighted by molar-refractivity contribution is 6.31. The first-order valence-corrected chi connectivity index (χ1v) is 9.27. The van der Waals surface area contributed by atoms with Gasteiger partial charge in [0.1, 0.15) is 0 Å². The van der Waals surface area contributed by atoms with Crippen LogP contribution >= 0.6 is 23.2 Å². The number of anilines is 2. The van der Waals surface area contributed by atoms with E-state index in [-0.39, 0.29) is 5.91 Å². The average molecular weight is 390 g/mol. The molecule has 2 aromatic rings. The van der Waals surface area contributed by atoms with Gasteiger partial charge in [-0.15, -0.1) is 0 Å². The Hall–Kier alpha value is -2.17. The second-order valence-electron chi connectivity index (χ2n) is 6.24. The zero-order valence-corrected chi connectivity index (χ0v) is 16.1. The van der Waals surface area contributed by atoms with Gasteiger partial charge >= 0.3 is 0 Å². The maximum Gasteiger partial charge on any atom is 0.250 e. The maximum absolute atomic E-state index is 12.2. The first-order chi connectivity index (χ1) is 12.5. The third kappa shape index (κ3) is 4.93. The van der Waals surface area contributed by atoms with Crippen LogP contribution in [0.15, 0.2) is 60.3 Å². The molecule has 1 saturated heterocycles. The van der Waals surface area contributed by atoms with Crippen LogP contribution in [-0.2, 0) is 4.79 Å². The zero-order valence-electron chi connectivity index (χ0n) is 14.6. The van der Waals surface area contributed by atoms with Crippen LogP contribution in [0.1, 0.15) is 6.92 Å². The van der Waals surface area contributed by atoms with Crippen LogP contribution in [0.5, 0.6) is 0 Å². The summed E-state index contributed by atoms with van der Waals surface area (Å²) < 4.78 is 0. The zero-order chi connectivity index (χ0) is 18.5. The van der Waals surface area contributed by atoms with Crippen molar-refractivity contribution in [2.45, 2.75) is 6.92 Å². The van der Waals surface area contributed by atoms with Crippen LogP contribution in [0.4, 0.5) is 11.4 Å². The molecule has 0 saturated carbocycles. The van der Waals surface area contributed by atoms with E-state index in [1.54, 1.807) is 18.2 Å². The highest BCUT2D eigenvalue weighted by Crippen LogP contribution is 2.21. The highest BCUT2D eigenvalue weighted by atomic mass is 35.5. The minimum absolute atomic E-state index is 0.148. The predicted molar refractivity (Wildman–Crippen MR) is 109 cm³/mol. The van der Waals surface area contributed by atoms with Crippen molar-refractivity contribution in [3.05, 3.63) is 70.3 Å². The largest absolute Gasteiger partial charge is 0.371 e. The summed E-state index contributed by atoms with van der Waals surface area (Å²) in [5, 5.41) is 4.19. The molecule has 1 amide bonds. The van der Waals surface area contributed by atoms with E-state index in [1.807, 2.05) is 43.3 Å². The molecule has 136 valence electrons. The number of hydrogen-bond acceptors (Lipinski definition) is 3. The Balaban J connectivity index is 1.55. The monoisotopic (exact) mass is 389 g/mol. The molecule has 4 nitrogen and oxygen atoms in total. The summed E-state index contributed by atoms with van der Waals surface area (Å²) in [4.78, 5) is 16.8. The van der Waals surface area contributed by atoms with Gasteiger partial charge in [-0.05, 0) is 49.4 Å². The van der Waals surface area contributed by atoms with Crippen molar-refractivity contribution in [3.8, 4) is 0 Å². The van der Waals surface area contributed by atoms with E-state index in [4.69, 9.17) is 23.2 Å². The predicted octanol–water partition coefficient (Wildman–Crippen LogP) is 4.66. The van der Waals surface area contributed by atoms with Gasteiger partial charge in [-0.3, -0.25) is 4.79 Å². The Morgan fingerprint density at radius 2 is 1.69 bits per heavy atom. The van der Waals surface area contributed by atoms with Crippen LogP contribution in [-0.4, -0.2) is 37.0 Å². The molecule has 0 aliphatic carbocycles. The van der Waals surface area contributed by atoms with Gasteiger partial charge in [0.05, 0.1) is 0 Å². The number of nitrogens with zero attached hydrogens (tertiary/aromatic N) is 2. The third-order valence-corrected chi connectivity index (χ3v) is 4.89. The normalized spacial score (nSPS) is 15.1. The minimum Gasteiger partial charge on any atom is -0.371 e. The summed E-state index contributed by atoms with van der Waals surface area (Å²) >= 11 is 11.9. The molecule has 1 heterocycles. The van der Waals surface area contributed by atoms with E-state index >= 15 is 0 Å². The first-order valence-electron chi connectivity index (χ1n) is 8.51. The van der Waals surface area contributed by atoms with Crippen molar-refractivity contribution in [1.29, 1.82) is 0 Å². The van der Waals surface area contributed by atoms with Gasteiger partial charge in [0.15, 0.2) is 0 Å². The van der Waals surface area contributed by atoms with Gasteiger partial charge in [-0.1, -0.05) is 29.3 Å². The first kappa shape index (κ1) is 18.6. The number of amides is 1. The van der Waals surface area contributed by atoms with Crippen molar-refractivity contribution < 1.29 is 4.79 Å². The lowest BCUT2D eigenvalue weighted by Crippen LogP contribution is -2.45. The summed E-state index contributed by atoms with van der Waals surface area (Å²) in [5.74, 6) is -0.148. The summed E-state index contributed by atoms with van der Waals surface area (Å²) in [6.45, 7) is 5.52. The molecule has 0 aromatic heterocycles. The molecule has 0 bridgehead atoms. The molecule has 0 unspecified atom stereocenters. The molecule has 0 atom stereocenters. The quantitative estimate of drug-likeness (QED) is 0.772. The Bertz CT molecular complexity index is 797. The molecular formula is C20H21Cl2N3O. The van der Waals surface area contributed by atoms with E-state index in [0.29, 0.717) is 10.7 Å². The Morgan fingerprint density at radius 1 is 1.00 bits per heavy atom. The molecule has 1 fully saturated rings. The third-order valence-electron chi connectivity index (χ3n) is 4.40. The number of carbonyl (C=O) groups is 1. The SMILES string of the molecule is CC(=CC(=O)Nc1cccc(Cl)c1)N1CCN(c2ccc(Cl)cc2)CC1. The fourth-order valence-corrected chi connectivity index (χ4v) is 3.31. The second kappa shape index (κ2) is 8.47. The number of rotatable bonds is 4. The summed E-state index contributed by atoms with van der Waals surface area (Å²) in [6.07, 6.45) is 1.64. The van der Waals surface area contributed by atoms with Gasteiger partial charge in [0, 0.05) is 59.4 Å². The summed E-state index contributed by atoms with van der Waals surface area (Å²) in [5.41, 5.74) is 2.83. The van der Waals surface area contributed by atoms with E-state index < -0.39 is 0 Å². The number of hydrogen-bond donors (Lipinski definition) is 1.